The maximum Gasteiger partial charge on any atom is 0.335 e. The van der Waals surface area contributed by atoms with E-state index in [9.17, 15) is 9.00 Å². The summed E-state index contributed by atoms with van der Waals surface area (Å²) in [5.74, 6) is -0.559. The van der Waals surface area contributed by atoms with Crippen molar-refractivity contribution in [1.82, 2.24) is 0 Å². The Labute approximate surface area is 114 Å². The lowest BCUT2D eigenvalue weighted by molar-refractivity contribution is 0.0697. The van der Waals surface area contributed by atoms with E-state index in [0.717, 1.165) is 16.0 Å². The van der Waals surface area contributed by atoms with Crippen molar-refractivity contribution in [3.8, 4) is 0 Å². The van der Waals surface area contributed by atoms with Crippen molar-refractivity contribution in [2.24, 2.45) is 0 Å². The van der Waals surface area contributed by atoms with Crippen LogP contribution < -0.4 is 0 Å². The predicted molar refractivity (Wildman–Crippen MR) is 74.7 cm³/mol. The van der Waals surface area contributed by atoms with Gasteiger partial charge >= 0.3 is 5.97 Å². The van der Waals surface area contributed by atoms with Gasteiger partial charge in [-0.05, 0) is 36.2 Å². The molecule has 4 heteroatoms. The highest BCUT2D eigenvalue weighted by atomic mass is 32.2. The summed E-state index contributed by atoms with van der Waals surface area (Å²) in [6, 6.07) is 14.1. The largest absolute Gasteiger partial charge is 0.478 e. The first kappa shape index (κ1) is 13.5. The van der Waals surface area contributed by atoms with Crippen LogP contribution in [-0.4, -0.2) is 15.3 Å². The molecule has 98 valence electrons. The second kappa shape index (κ2) is 5.80. The van der Waals surface area contributed by atoms with Crippen LogP contribution in [0.2, 0.25) is 0 Å². The first-order valence-electron chi connectivity index (χ1n) is 5.84. The Morgan fingerprint density at radius 3 is 2.32 bits per heavy atom. The van der Waals surface area contributed by atoms with Crippen molar-refractivity contribution in [1.29, 1.82) is 0 Å². The Bertz CT molecular complexity index is 618. The lowest BCUT2D eigenvalue weighted by Gasteiger charge is -2.06. The van der Waals surface area contributed by atoms with Crippen LogP contribution >= 0.6 is 0 Å². The van der Waals surface area contributed by atoms with Gasteiger partial charge < -0.3 is 5.11 Å². The quantitative estimate of drug-likeness (QED) is 0.932. The summed E-state index contributed by atoms with van der Waals surface area (Å²) < 4.78 is 12.2. The SMILES string of the molecule is Cc1ccccc1S(=O)Cc1ccc(C(=O)O)cc1. The normalized spacial score (nSPS) is 12.1. The summed E-state index contributed by atoms with van der Waals surface area (Å²) in [4.78, 5) is 11.6. The molecule has 0 radical (unpaired) electrons. The first-order valence-corrected chi connectivity index (χ1v) is 7.16. The molecule has 0 saturated heterocycles. The number of benzene rings is 2. The highest BCUT2D eigenvalue weighted by Crippen LogP contribution is 2.16. The molecule has 0 saturated carbocycles. The minimum atomic E-state index is -1.11. The molecule has 0 amide bonds. The van der Waals surface area contributed by atoms with Crippen LogP contribution in [0.15, 0.2) is 53.4 Å². The summed E-state index contributed by atoms with van der Waals surface area (Å²) in [6.07, 6.45) is 0. The van der Waals surface area contributed by atoms with Gasteiger partial charge in [0.1, 0.15) is 0 Å². The summed E-state index contributed by atoms with van der Waals surface area (Å²) in [7, 11) is -1.11. The molecule has 3 nitrogen and oxygen atoms in total. The molecule has 0 aliphatic carbocycles. The van der Waals surface area contributed by atoms with Gasteiger partial charge in [-0.25, -0.2) is 4.79 Å². The van der Waals surface area contributed by atoms with Gasteiger partial charge in [0.05, 0.1) is 22.1 Å². The number of hydrogen-bond acceptors (Lipinski definition) is 2. The number of carbonyl (C=O) groups is 1. The molecule has 0 aliphatic heterocycles. The minimum Gasteiger partial charge on any atom is -0.478 e. The van der Waals surface area contributed by atoms with Crippen LogP contribution in [-0.2, 0) is 16.6 Å². The maximum atomic E-state index is 12.2. The molecule has 0 bridgehead atoms. The molecular weight excluding hydrogens is 260 g/mol. The van der Waals surface area contributed by atoms with Gasteiger partial charge in [-0.3, -0.25) is 4.21 Å². The van der Waals surface area contributed by atoms with E-state index in [1.54, 1.807) is 12.1 Å². The third kappa shape index (κ3) is 3.29. The average molecular weight is 274 g/mol. The summed E-state index contributed by atoms with van der Waals surface area (Å²) in [6.45, 7) is 1.93. The Hall–Kier alpha value is -1.94. The number of carboxylic acids is 1. The molecule has 1 N–H and O–H groups in total. The number of aromatic carboxylic acids is 1. The molecule has 0 fully saturated rings. The van der Waals surface area contributed by atoms with E-state index >= 15 is 0 Å². The van der Waals surface area contributed by atoms with Crippen LogP contribution in [0.25, 0.3) is 0 Å². The first-order chi connectivity index (χ1) is 9.08. The minimum absolute atomic E-state index is 0.241. The smallest absolute Gasteiger partial charge is 0.335 e. The molecule has 2 aromatic rings. The van der Waals surface area contributed by atoms with Crippen molar-refractivity contribution in [3.63, 3.8) is 0 Å². The topological polar surface area (TPSA) is 54.4 Å². The van der Waals surface area contributed by atoms with Gasteiger partial charge in [0.2, 0.25) is 0 Å². The van der Waals surface area contributed by atoms with Gasteiger partial charge in [0.15, 0.2) is 0 Å². The van der Waals surface area contributed by atoms with E-state index in [1.807, 2.05) is 31.2 Å². The standard InChI is InChI=1S/C15H14O3S/c1-11-4-2-3-5-14(11)19(18)10-12-6-8-13(9-7-12)15(16)17/h2-9H,10H2,1H3,(H,16,17). The van der Waals surface area contributed by atoms with Crippen molar-refractivity contribution in [2.45, 2.75) is 17.6 Å². The van der Waals surface area contributed by atoms with Crippen molar-refractivity contribution >= 4 is 16.8 Å². The molecule has 2 rings (SSSR count). The number of rotatable bonds is 4. The lowest BCUT2D eigenvalue weighted by atomic mass is 10.1. The van der Waals surface area contributed by atoms with Crippen molar-refractivity contribution in [2.75, 3.05) is 0 Å². The van der Waals surface area contributed by atoms with Gasteiger partial charge in [-0.15, -0.1) is 0 Å². The molecule has 0 spiro atoms. The predicted octanol–water partition coefficient (Wildman–Crippen LogP) is 3.00. The fourth-order valence-corrected chi connectivity index (χ4v) is 3.09. The number of carboxylic acid groups (broad SMARTS) is 1. The summed E-state index contributed by atoms with van der Waals surface area (Å²) in [5, 5.41) is 8.81. The molecular formula is C15H14O3S. The highest BCUT2D eigenvalue weighted by Gasteiger charge is 2.08. The van der Waals surface area contributed by atoms with Gasteiger partial charge in [0.25, 0.3) is 0 Å². The zero-order chi connectivity index (χ0) is 13.8. The monoisotopic (exact) mass is 274 g/mol. The van der Waals surface area contributed by atoms with Crippen molar-refractivity contribution < 1.29 is 14.1 Å². The van der Waals surface area contributed by atoms with E-state index in [0.29, 0.717) is 5.75 Å². The second-order valence-electron chi connectivity index (χ2n) is 4.26. The van der Waals surface area contributed by atoms with Gasteiger partial charge in [0, 0.05) is 4.90 Å². The summed E-state index contributed by atoms with van der Waals surface area (Å²) >= 11 is 0. The number of hydrogen-bond donors (Lipinski definition) is 1. The van der Waals surface area contributed by atoms with Crippen LogP contribution in [0, 0.1) is 6.92 Å². The second-order valence-corrected chi connectivity index (χ2v) is 5.68. The fourth-order valence-electron chi connectivity index (χ4n) is 1.78. The van der Waals surface area contributed by atoms with Crippen LogP contribution in [0.4, 0.5) is 0 Å². The van der Waals surface area contributed by atoms with E-state index in [1.165, 1.54) is 12.1 Å². The highest BCUT2D eigenvalue weighted by molar-refractivity contribution is 7.84. The van der Waals surface area contributed by atoms with E-state index in [-0.39, 0.29) is 5.56 Å². The number of aryl methyl sites for hydroxylation is 1. The maximum absolute atomic E-state index is 12.2. The third-order valence-electron chi connectivity index (χ3n) is 2.84. The van der Waals surface area contributed by atoms with Gasteiger partial charge in [-0.1, -0.05) is 30.3 Å². The fraction of sp³-hybridized carbons (Fsp3) is 0.133. The molecule has 0 heterocycles. The Morgan fingerprint density at radius 1 is 1.11 bits per heavy atom. The average Bonchev–Trinajstić information content (AvgIpc) is 2.39. The molecule has 0 aliphatic rings. The lowest BCUT2D eigenvalue weighted by Crippen LogP contribution is -2.00. The Balaban J connectivity index is 2.15. The molecule has 2 aromatic carbocycles. The molecule has 1 unspecified atom stereocenters. The molecule has 0 aromatic heterocycles. The molecule has 19 heavy (non-hydrogen) atoms. The zero-order valence-electron chi connectivity index (χ0n) is 10.5. The van der Waals surface area contributed by atoms with Crippen molar-refractivity contribution in [3.05, 3.63) is 65.2 Å². The zero-order valence-corrected chi connectivity index (χ0v) is 11.3. The van der Waals surface area contributed by atoms with Crippen LogP contribution in [0.5, 0.6) is 0 Å². The molecule has 1 atom stereocenters. The van der Waals surface area contributed by atoms with E-state index in [2.05, 4.69) is 0 Å². The Kier molecular flexibility index (Phi) is 4.12. The van der Waals surface area contributed by atoms with Gasteiger partial charge in [-0.2, -0.15) is 0 Å². The van der Waals surface area contributed by atoms with Crippen LogP contribution in [0.1, 0.15) is 21.5 Å². The third-order valence-corrected chi connectivity index (χ3v) is 4.38. The van der Waals surface area contributed by atoms with E-state index in [4.69, 9.17) is 5.11 Å². The van der Waals surface area contributed by atoms with Crippen LogP contribution in [0.3, 0.4) is 0 Å². The Morgan fingerprint density at radius 2 is 1.74 bits per heavy atom. The summed E-state index contributed by atoms with van der Waals surface area (Å²) in [5.41, 5.74) is 2.11. The van der Waals surface area contributed by atoms with E-state index < -0.39 is 16.8 Å².